The Labute approximate surface area is 141 Å². The molecule has 0 saturated carbocycles. The number of anilines is 2. The van der Waals surface area contributed by atoms with Crippen LogP contribution in [-0.2, 0) is 10.0 Å². The molecule has 21 heavy (non-hydrogen) atoms. The second-order valence-corrected chi connectivity index (χ2v) is 7.65. The quantitative estimate of drug-likeness (QED) is 0.735. The van der Waals surface area contributed by atoms with E-state index in [4.69, 9.17) is 28.9 Å². The van der Waals surface area contributed by atoms with Gasteiger partial charge in [0.2, 0.25) is 0 Å². The molecule has 0 aliphatic rings. The smallest absolute Gasteiger partial charge is 0.263 e. The Kier molecular flexibility index (Phi) is 4.72. The van der Waals surface area contributed by atoms with Crippen molar-refractivity contribution >= 4 is 60.5 Å². The summed E-state index contributed by atoms with van der Waals surface area (Å²) in [6.45, 7) is 1.86. The third-order valence-corrected chi connectivity index (χ3v) is 5.70. The van der Waals surface area contributed by atoms with Crippen molar-refractivity contribution in [2.45, 2.75) is 11.8 Å². The van der Waals surface area contributed by atoms with E-state index in [2.05, 4.69) is 20.7 Å². The van der Waals surface area contributed by atoms with Crippen LogP contribution in [0.3, 0.4) is 0 Å². The third kappa shape index (κ3) is 3.45. The number of nitrogen functional groups attached to an aromatic ring is 1. The number of hydrogen-bond acceptors (Lipinski definition) is 3. The average Bonchev–Trinajstić information content (AvgIpc) is 2.39. The highest BCUT2D eigenvalue weighted by molar-refractivity contribution is 9.10. The highest BCUT2D eigenvalue weighted by Crippen LogP contribution is 2.34. The summed E-state index contributed by atoms with van der Waals surface area (Å²) < 4.78 is 28.0. The number of benzene rings is 2. The molecule has 0 fully saturated rings. The fourth-order valence-electron chi connectivity index (χ4n) is 1.67. The molecule has 3 N–H and O–H groups in total. The number of nitrogens with one attached hydrogen (secondary N) is 1. The van der Waals surface area contributed by atoms with E-state index in [9.17, 15) is 8.42 Å². The predicted octanol–water partition coefficient (Wildman–Crippen LogP) is 4.45. The molecule has 2 rings (SSSR count). The first kappa shape index (κ1) is 16.4. The molecular formula is C13H11BrCl2N2O2S. The van der Waals surface area contributed by atoms with Gasteiger partial charge in [0.05, 0.1) is 21.4 Å². The summed E-state index contributed by atoms with van der Waals surface area (Å²) in [6, 6.07) is 8.02. The minimum atomic E-state index is -3.87. The molecule has 2 aromatic rings. The Hall–Kier alpha value is -0.950. The van der Waals surface area contributed by atoms with E-state index < -0.39 is 10.0 Å². The number of aryl methyl sites for hydroxylation is 1. The zero-order valence-electron chi connectivity index (χ0n) is 10.8. The van der Waals surface area contributed by atoms with Crippen LogP contribution in [0.5, 0.6) is 0 Å². The monoisotopic (exact) mass is 408 g/mol. The van der Waals surface area contributed by atoms with Gasteiger partial charge in [-0.2, -0.15) is 0 Å². The lowest BCUT2D eigenvalue weighted by Gasteiger charge is -2.13. The number of sulfonamides is 1. The SMILES string of the molecule is Cc1ccc(Br)c(NS(=O)(=O)c2ccc(Cl)c(N)c2Cl)c1. The van der Waals surface area contributed by atoms with Crippen molar-refractivity contribution < 1.29 is 8.42 Å². The van der Waals surface area contributed by atoms with Crippen molar-refractivity contribution in [2.24, 2.45) is 0 Å². The lowest BCUT2D eigenvalue weighted by Crippen LogP contribution is -2.14. The average molecular weight is 410 g/mol. The van der Waals surface area contributed by atoms with Crippen LogP contribution in [0.2, 0.25) is 10.0 Å². The first-order chi connectivity index (χ1) is 9.72. The lowest BCUT2D eigenvalue weighted by atomic mass is 10.2. The summed E-state index contributed by atoms with van der Waals surface area (Å²) in [6.07, 6.45) is 0. The van der Waals surface area contributed by atoms with Gasteiger partial charge >= 0.3 is 0 Å². The molecular weight excluding hydrogens is 399 g/mol. The number of nitrogens with two attached hydrogens (primary N) is 1. The summed E-state index contributed by atoms with van der Waals surface area (Å²) in [5.41, 5.74) is 7.02. The Morgan fingerprint density at radius 1 is 1.19 bits per heavy atom. The predicted molar refractivity (Wildman–Crippen MR) is 90.6 cm³/mol. The molecule has 2 aromatic carbocycles. The Balaban J connectivity index is 2.49. The minimum absolute atomic E-state index is 0.0320. The van der Waals surface area contributed by atoms with E-state index in [-0.39, 0.29) is 20.6 Å². The van der Waals surface area contributed by atoms with Gasteiger partial charge in [0.25, 0.3) is 10.0 Å². The van der Waals surface area contributed by atoms with Crippen molar-refractivity contribution in [2.75, 3.05) is 10.5 Å². The summed E-state index contributed by atoms with van der Waals surface area (Å²) in [5.74, 6) is 0. The summed E-state index contributed by atoms with van der Waals surface area (Å²) in [7, 11) is -3.87. The van der Waals surface area contributed by atoms with Crippen LogP contribution in [0, 0.1) is 6.92 Å². The second-order valence-electron chi connectivity index (χ2n) is 4.36. The maximum absolute atomic E-state index is 12.4. The topological polar surface area (TPSA) is 72.2 Å². The van der Waals surface area contributed by atoms with E-state index >= 15 is 0 Å². The fourth-order valence-corrected chi connectivity index (χ4v) is 3.99. The van der Waals surface area contributed by atoms with Gasteiger partial charge in [0, 0.05) is 4.47 Å². The maximum Gasteiger partial charge on any atom is 0.263 e. The first-order valence-corrected chi connectivity index (χ1v) is 8.78. The summed E-state index contributed by atoms with van der Waals surface area (Å²) in [4.78, 5) is -0.125. The highest BCUT2D eigenvalue weighted by atomic mass is 79.9. The van der Waals surface area contributed by atoms with Crippen molar-refractivity contribution in [1.29, 1.82) is 0 Å². The molecule has 0 radical (unpaired) electrons. The van der Waals surface area contributed by atoms with Gasteiger partial charge in [-0.25, -0.2) is 8.42 Å². The molecule has 112 valence electrons. The van der Waals surface area contributed by atoms with Gasteiger partial charge in [0.1, 0.15) is 4.90 Å². The third-order valence-electron chi connectivity index (χ3n) is 2.75. The van der Waals surface area contributed by atoms with Crippen molar-refractivity contribution in [3.8, 4) is 0 Å². The van der Waals surface area contributed by atoms with Gasteiger partial charge in [-0.1, -0.05) is 29.3 Å². The van der Waals surface area contributed by atoms with E-state index in [1.54, 1.807) is 12.1 Å². The molecule has 0 unspecified atom stereocenters. The van der Waals surface area contributed by atoms with E-state index in [1.807, 2.05) is 13.0 Å². The van der Waals surface area contributed by atoms with Crippen LogP contribution in [-0.4, -0.2) is 8.42 Å². The fraction of sp³-hybridized carbons (Fsp3) is 0.0769. The number of rotatable bonds is 3. The highest BCUT2D eigenvalue weighted by Gasteiger charge is 2.21. The number of halogens is 3. The van der Waals surface area contributed by atoms with E-state index in [1.165, 1.54) is 12.1 Å². The molecule has 0 spiro atoms. The molecule has 0 aliphatic carbocycles. The largest absolute Gasteiger partial charge is 0.396 e. The van der Waals surface area contributed by atoms with Crippen molar-refractivity contribution in [1.82, 2.24) is 0 Å². The molecule has 8 heteroatoms. The van der Waals surface area contributed by atoms with Gasteiger partial charge in [0.15, 0.2) is 0 Å². The summed E-state index contributed by atoms with van der Waals surface area (Å²) >= 11 is 15.1. The van der Waals surface area contributed by atoms with E-state index in [0.717, 1.165) is 5.56 Å². The van der Waals surface area contributed by atoms with Crippen LogP contribution >= 0.6 is 39.1 Å². The van der Waals surface area contributed by atoms with Crippen LogP contribution in [0.1, 0.15) is 5.56 Å². The van der Waals surface area contributed by atoms with Gasteiger partial charge in [-0.05, 0) is 52.7 Å². The van der Waals surface area contributed by atoms with Gasteiger partial charge in [-0.15, -0.1) is 0 Å². The van der Waals surface area contributed by atoms with Crippen LogP contribution in [0.4, 0.5) is 11.4 Å². The molecule has 0 heterocycles. The zero-order valence-corrected chi connectivity index (χ0v) is 14.7. The van der Waals surface area contributed by atoms with Crippen LogP contribution in [0.25, 0.3) is 0 Å². The van der Waals surface area contributed by atoms with Crippen molar-refractivity contribution in [3.63, 3.8) is 0 Å². The lowest BCUT2D eigenvalue weighted by molar-refractivity contribution is 0.601. The van der Waals surface area contributed by atoms with Gasteiger partial charge in [-0.3, -0.25) is 4.72 Å². The Morgan fingerprint density at radius 2 is 1.86 bits per heavy atom. The minimum Gasteiger partial charge on any atom is -0.396 e. The molecule has 0 bridgehead atoms. The van der Waals surface area contributed by atoms with Crippen LogP contribution in [0.15, 0.2) is 39.7 Å². The first-order valence-electron chi connectivity index (χ1n) is 5.75. The standard InChI is InChI=1S/C13H11BrCl2N2O2S/c1-7-2-3-8(14)10(6-7)18-21(19,20)11-5-4-9(15)13(17)12(11)16/h2-6,18H,17H2,1H3. The molecule has 0 aliphatic heterocycles. The second kappa shape index (κ2) is 6.04. The molecule has 0 atom stereocenters. The number of hydrogen-bond donors (Lipinski definition) is 2. The molecule has 0 saturated heterocycles. The molecule has 4 nitrogen and oxygen atoms in total. The molecule has 0 amide bonds. The normalized spacial score (nSPS) is 11.4. The zero-order chi connectivity index (χ0) is 15.8. The maximum atomic E-state index is 12.4. The van der Waals surface area contributed by atoms with Crippen LogP contribution < -0.4 is 10.5 Å². The summed E-state index contributed by atoms with van der Waals surface area (Å²) in [5, 5.41) is 0.106. The van der Waals surface area contributed by atoms with E-state index in [0.29, 0.717) is 10.2 Å². The van der Waals surface area contributed by atoms with Crippen molar-refractivity contribution in [3.05, 3.63) is 50.4 Å². The van der Waals surface area contributed by atoms with Gasteiger partial charge < -0.3 is 5.73 Å². The Bertz CT molecular complexity index is 810. The molecule has 0 aromatic heterocycles. The Morgan fingerprint density at radius 3 is 2.52 bits per heavy atom.